The third kappa shape index (κ3) is 3.73. The third-order valence-electron chi connectivity index (χ3n) is 4.23. The molecule has 5 nitrogen and oxygen atoms in total. The number of furan rings is 1. The van der Waals surface area contributed by atoms with Gasteiger partial charge in [-0.3, -0.25) is 4.79 Å². The zero-order chi connectivity index (χ0) is 16.2. The van der Waals surface area contributed by atoms with Gasteiger partial charge in [0.15, 0.2) is 0 Å². The Bertz CT molecular complexity index is 687. The molecule has 0 unspecified atom stereocenters. The van der Waals surface area contributed by atoms with E-state index in [2.05, 4.69) is 21.3 Å². The molecule has 122 valence electrons. The lowest BCUT2D eigenvalue weighted by atomic mass is 10.1. The fraction of sp³-hybridized carbons (Fsp3) is 0.444. The van der Waals surface area contributed by atoms with E-state index in [9.17, 15) is 4.79 Å². The molecule has 0 spiro atoms. The average Bonchev–Trinajstić information content (AvgIpc) is 2.92. The number of hydrogen-bond acceptors (Lipinski definition) is 4. The van der Waals surface area contributed by atoms with E-state index in [-0.39, 0.29) is 5.91 Å². The lowest BCUT2D eigenvalue weighted by molar-refractivity contribution is 0.0949. The summed E-state index contributed by atoms with van der Waals surface area (Å²) in [6.07, 6.45) is 5.57. The lowest BCUT2D eigenvalue weighted by Crippen LogP contribution is -2.30. The van der Waals surface area contributed by atoms with Gasteiger partial charge in [0, 0.05) is 25.8 Å². The molecule has 3 heterocycles. The van der Waals surface area contributed by atoms with Crippen molar-refractivity contribution in [3.05, 3.63) is 47.0 Å². The second-order valence-electron chi connectivity index (χ2n) is 6.08. The van der Waals surface area contributed by atoms with E-state index in [1.165, 1.54) is 19.3 Å². The van der Waals surface area contributed by atoms with E-state index in [0.29, 0.717) is 17.9 Å². The summed E-state index contributed by atoms with van der Waals surface area (Å²) in [4.78, 5) is 19.0. The Morgan fingerprint density at radius 1 is 1.26 bits per heavy atom. The number of pyridine rings is 1. The van der Waals surface area contributed by atoms with Crippen molar-refractivity contribution in [2.75, 3.05) is 18.0 Å². The minimum absolute atomic E-state index is 0.101. The summed E-state index contributed by atoms with van der Waals surface area (Å²) in [5.74, 6) is 2.31. The van der Waals surface area contributed by atoms with Gasteiger partial charge in [0.1, 0.15) is 17.3 Å². The van der Waals surface area contributed by atoms with Crippen molar-refractivity contribution in [3.8, 4) is 0 Å². The first kappa shape index (κ1) is 15.6. The van der Waals surface area contributed by atoms with Gasteiger partial charge in [-0.25, -0.2) is 4.98 Å². The van der Waals surface area contributed by atoms with Crippen molar-refractivity contribution in [1.82, 2.24) is 10.3 Å². The van der Waals surface area contributed by atoms with Gasteiger partial charge in [-0.1, -0.05) is 0 Å². The van der Waals surface area contributed by atoms with Crippen LogP contribution < -0.4 is 10.2 Å². The molecule has 2 aromatic rings. The van der Waals surface area contributed by atoms with Crippen LogP contribution in [0.3, 0.4) is 0 Å². The summed E-state index contributed by atoms with van der Waals surface area (Å²) < 4.78 is 5.41. The number of rotatable bonds is 4. The van der Waals surface area contributed by atoms with E-state index in [1.807, 2.05) is 26.1 Å². The first-order chi connectivity index (χ1) is 11.1. The highest BCUT2D eigenvalue weighted by Gasteiger charge is 2.14. The Hall–Kier alpha value is -2.30. The topological polar surface area (TPSA) is 58.4 Å². The summed E-state index contributed by atoms with van der Waals surface area (Å²) in [6.45, 7) is 6.28. The zero-order valence-corrected chi connectivity index (χ0v) is 13.8. The lowest BCUT2D eigenvalue weighted by Gasteiger charge is -2.27. The molecule has 1 aliphatic rings. The number of hydrogen-bond donors (Lipinski definition) is 1. The number of carbonyl (C=O) groups is 1. The zero-order valence-electron chi connectivity index (χ0n) is 13.8. The standard InChI is InChI=1S/C18H23N3O2/c1-13-10-16(14(2)23-13)18(22)20-12-15-6-7-19-17(11-15)21-8-4-3-5-9-21/h6-7,10-11H,3-5,8-9,12H2,1-2H3,(H,20,22). The molecular weight excluding hydrogens is 290 g/mol. The first-order valence-corrected chi connectivity index (χ1v) is 8.18. The molecule has 23 heavy (non-hydrogen) atoms. The van der Waals surface area contributed by atoms with Crippen LogP contribution in [0.5, 0.6) is 0 Å². The molecular formula is C18H23N3O2. The van der Waals surface area contributed by atoms with Gasteiger partial charge in [0.05, 0.1) is 5.56 Å². The van der Waals surface area contributed by atoms with E-state index in [1.54, 1.807) is 6.07 Å². The van der Waals surface area contributed by atoms with Crippen LogP contribution >= 0.6 is 0 Å². The van der Waals surface area contributed by atoms with E-state index in [0.717, 1.165) is 30.2 Å². The van der Waals surface area contributed by atoms with Gasteiger partial charge in [-0.2, -0.15) is 0 Å². The molecule has 0 bridgehead atoms. The highest BCUT2D eigenvalue weighted by molar-refractivity contribution is 5.95. The molecule has 0 aromatic carbocycles. The fourth-order valence-electron chi connectivity index (χ4n) is 3.00. The van der Waals surface area contributed by atoms with E-state index >= 15 is 0 Å². The number of aryl methyl sites for hydroxylation is 2. The van der Waals surface area contributed by atoms with Crippen LogP contribution in [0.15, 0.2) is 28.8 Å². The van der Waals surface area contributed by atoms with E-state index in [4.69, 9.17) is 4.42 Å². The number of carbonyl (C=O) groups excluding carboxylic acids is 1. The number of anilines is 1. The monoisotopic (exact) mass is 313 g/mol. The number of aromatic nitrogens is 1. The quantitative estimate of drug-likeness (QED) is 0.941. The molecule has 1 aliphatic heterocycles. The van der Waals surface area contributed by atoms with Gasteiger partial charge in [0.25, 0.3) is 5.91 Å². The van der Waals surface area contributed by atoms with Crippen LogP contribution in [0.2, 0.25) is 0 Å². The highest BCUT2D eigenvalue weighted by atomic mass is 16.3. The molecule has 0 saturated carbocycles. The fourth-order valence-corrected chi connectivity index (χ4v) is 3.00. The minimum Gasteiger partial charge on any atom is -0.466 e. The maximum Gasteiger partial charge on any atom is 0.255 e. The summed E-state index contributed by atoms with van der Waals surface area (Å²) >= 11 is 0. The molecule has 0 atom stereocenters. The Balaban J connectivity index is 1.64. The van der Waals surface area contributed by atoms with Crippen LogP contribution in [-0.4, -0.2) is 24.0 Å². The highest BCUT2D eigenvalue weighted by Crippen LogP contribution is 2.18. The number of piperidine rings is 1. The molecule has 2 aromatic heterocycles. The predicted octanol–water partition coefficient (Wildman–Crippen LogP) is 3.21. The minimum atomic E-state index is -0.101. The molecule has 3 rings (SSSR count). The summed E-state index contributed by atoms with van der Waals surface area (Å²) in [6, 6.07) is 5.79. The molecule has 0 aliphatic carbocycles. The van der Waals surface area contributed by atoms with Crippen LogP contribution in [0.4, 0.5) is 5.82 Å². The van der Waals surface area contributed by atoms with Gasteiger partial charge in [-0.05, 0) is 56.9 Å². The normalized spacial score (nSPS) is 14.8. The maximum atomic E-state index is 12.2. The van der Waals surface area contributed by atoms with Crippen molar-refractivity contribution in [1.29, 1.82) is 0 Å². The maximum absolute atomic E-state index is 12.2. The van der Waals surface area contributed by atoms with Gasteiger partial charge in [-0.15, -0.1) is 0 Å². The van der Waals surface area contributed by atoms with Gasteiger partial charge in [0.2, 0.25) is 0 Å². The average molecular weight is 313 g/mol. The summed E-state index contributed by atoms with van der Waals surface area (Å²) in [7, 11) is 0. The van der Waals surface area contributed by atoms with Crippen LogP contribution in [0.1, 0.15) is 46.7 Å². The summed E-state index contributed by atoms with van der Waals surface area (Å²) in [5.41, 5.74) is 1.67. The number of nitrogens with zero attached hydrogens (tertiary/aromatic N) is 2. The van der Waals surface area contributed by atoms with Gasteiger partial charge >= 0.3 is 0 Å². The van der Waals surface area contributed by atoms with Gasteiger partial charge < -0.3 is 14.6 Å². The molecule has 1 saturated heterocycles. The predicted molar refractivity (Wildman–Crippen MR) is 89.7 cm³/mol. The van der Waals surface area contributed by atoms with Crippen LogP contribution in [0, 0.1) is 13.8 Å². The second-order valence-corrected chi connectivity index (χ2v) is 6.08. The van der Waals surface area contributed by atoms with E-state index < -0.39 is 0 Å². The van der Waals surface area contributed by atoms with Crippen molar-refractivity contribution >= 4 is 11.7 Å². The SMILES string of the molecule is Cc1cc(C(=O)NCc2ccnc(N3CCCCC3)c2)c(C)o1. The van der Waals surface area contributed by atoms with Crippen molar-refractivity contribution < 1.29 is 9.21 Å². The van der Waals surface area contributed by atoms with Crippen molar-refractivity contribution in [2.24, 2.45) is 0 Å². The molecule has 1 amide bonds. The molecule has 5 heteroatoms. The molecule has 0 radical (unpaired) electrons. The Morgan fingerprint density at radius 3 is 2.74 bits per heavy atom. The first-order valence-electron chi connectivity index (χ1n) is 8.18. The summed E-state index contributed by atoms with van der Waals surface area (Å²) in [5, 5.41) is 2.95. The smallest absolute Gasteiger partial charge is 0.255 e. The van der Waals surface area contributed by atoms with Crippen molar-refractivity contribution in [3.63, 3.8) is 0 Å². The Labute approximate surface area is 136 Å². The van der Waals surface area contributed by atoms with Crippen molar-refractivity contribution in [2.45, 2.75) is 39.7 Å². The molecule has 1 N–H and O–H groups in total. The Morgan fingerprint density at radius 2 is 2.04 bits per heavy atom. The van der Waals surface area contributed by atoms with Crippen LogP contribution in [0.25, 0.3) is 0 Å². The third-order valence-corrected chi connectivity index (χ3v) is 4.23. The number of nitrogens with one attached hydrogen (secondary N) is 1. The second kappa shape index (κ2) is 6.86. The largest absolute Gasteiger partial charge is 0.466 e. The molecule has 1 fully saturated rings. The number of amides is 1. The Kier molecular flexibility index (Phi) is 4.65. The van der Waals surface area contributed by atoms with Crippen LogP contribution in [-0.2, 0) is 6.54 Å².